The molecule has 1 aliphatic heterocycles. The Kier molecular flexibility index (Phi) is 6.07. The molecule has 7 heteroatoms. The lowest BCUT2D eigenvalue weighted by atomic mass is 9.80. The number of hydrogen-bond acceptors (Lipinski definition) is 5. The van der Waals surface area contributed by atoms with Gasteiger partial charge >= 0.3 is 0 Å². The van der Waals surface area contributed by atoms with Gasteiger partial charge in [0.1, 0.15) is 11.5 Å². The number of pyridine rings is 1. The summed E-state index contributed by atoms with van der Waals surface area (Å²) in [6.07, 6.45) is 8.38. The van der Waals surface area contributed by atoms with E-state index in [1.54, 1.807) is 4.68 Å². The van der Waals surface area contributed by atoms with Gasteiger partial charge in [0.15, 0.2) is 0 Å². The van der Waals surface area contributed by atoms with Crippen molar-refractivity contribution < 1.29 is 9.59 Å². The molecule has 188 valence electrons. The van der Waals surface area contributed by atoms with E-state index >= 15 is 0 Å². The van der Waals surface area contributed by atoms with Gasteiger partial charge in [0.25, 0.3) is 0 Å². The van der Waals surface area contributed by atoms with Crippen LogP contribution in [-0.2, 0) is 16.6 Å². The number of ketones is 1. The van der Waals surface area contributed by atoms with E-state index in [9.17, 15) is 9.59 Å². The highest BCUT2D eigenvalue weighted by Gasteiger charge is 2.44. The summed E-state index contributed by atoms with van der Waals surface area (Å²) in [6.45, 7) is 2.08. The van der Waals surface area contributed by atoms with Crippen LogP contribution in [0.15, 0.2) is 67.0 Å². The molecule has 2 fully saturated rings. The summed E-state index contributed by atoms with van der Waals surface area (Å²) in [6, 6.07) is 18.2. The Morgan fingerprint density at radius 3 is 2.41 bits per heavy atom. The van der Waals surface area contributed by atoms with Crippen molar-refractivity contribution in [3.63, 3.8) is 0 Å². The molecule has 7 rings (SSSR count). The lowest BCUT2D eigenvalue weighted by Crippen LogP contribution is -2.45. The summed E-state index contributed by atoms with van der Waals surface area (Å²) in [4.78, 5) is 32.1. The zero-order chi connectivity index (χ0) is 25.5. The molecule has 2 saturated carbocycles. The molecule has 2 aliphatic carbocycles. The zero-order valence-electron chi connectivity index (χ0n) is 21.2. The standard InChI is InChI=1S/C21H24N4O2.C9H7N/c1-12-9-17(20(26)13-3-4-13)16-10-15(18-11-24(2)23-22-18)7-8-19(16)25(12)21(27)14-5-6-14;1-2-6-9-8(4-1)5-3-7-10-9/h7-8,10-14,17H,3-6,9H2,1-2H3;1-7H/t12-,17?;/m0./s1. The van der Waals surface area contributed by atoms with Gasteiger partial charge in [-0.05, 0) is 68.9 Å². The first-order valence-electron chi connectivity index (χ1n) is 13.2. The van der Waals surface area contributed by atoms with Gasteiger partial charge in [-0.25, -0.2) is 0 Å². The Balaban J connectivity index is 0.000000210. The van der Waals surface area contributed by atoms with Crippen molar-refractivity contribution in [2.45, 2.75) is 51.0 Å². The fraction of sp³-hybridized carbons (Fsp3) is 0.367. The van der Waals surface area contributed by atoms with Gasteiger partial charge in [-0.2, -0.15) is 0 Å². The van der Waals surface area contributed by atoms with Crippen LogP contribution in [0.3, 0.4) is 0 Å². The number of carbonyl (C=O) groups is 2. The van der Waals surface area contributed by atoms with Crippen molar-refractivity contribution in [1.29, 1.82) is 0 Å². The van der Waals surface area contributed by atoms with Gasteiger partial charge in [-0.1, -0.05) is 35.5 Å². The molecule has 2 aromatic heterocycles. The quantitative estimate of drug-likeness (QED) is 0.385. The minimum absolute atomic E-state index is 0.0562. The van der Waals surface area contributed by atoms with E-state index < -0.39 is 0 Å². The van der Waals surface area contributed by atoms with Crippen LogP contribution in [0.4, 0.5) is 5.69 Å². The minimum Gasteiger partial charge on any atom is -0.309 e. The number of nitrogens with zero attached hydrogens (tertiary/aromatic N) is 5. The molecule has 0 spiro atoms. The van der Waals surface area contributed by atoms with Gasteiger partial charge < -0.3 is 4.90 Å². The maximum Gasteiger partial charge on any atom is 0.230 e. The number of Topliss-reactive ketones (excluding diaryl/α,β-unsaturated/α-hetero) is 1. The second-order valence-corrected chi connectivity index (χ2v) is 10.5. The number of fused-ring (bicyclic) bond motifs is 2. The highest BCUT2D eigenvalue weighted by molar-refractivity contribution is 6.01. The number of anilines is 1. The van der Waals surface area contributed by atoms with Crippen LogP contribution in [0.25, 0.3) is 22.2 Å². The summed E-state index contributed by atoms with van der Waals surface area (Å²) in [5.41, 5.74) is 4.70. The highest BCUT2D eigenvalue weighted by atomic mass is 16.2. The predicted octanol–water partition coefficient (Wildman–Crippen LogP) is 5.31. The Morgan fingerprint density at radius 2 is 1.70 bits per heavy atom. The molecule has 7 nitrogen and oxygen atoms in total. The number of para-hydroxylation sites is 1. The van der Waals surface area contributed by atoms with E-state index in [4.69, 9.17) is 0 Å². The summed E-state index contributed by atoms with van der Waals surface area (Å²) in [5.74, 6) is 0.810. The molecule has 3 aliphatic rings. The van der Waals surface area contributed by atoms with Crippen LogP contribution in [-0.4, -0.2) is 37.7 Å². The molecule has 2 aromatic carbocycles. The number of hydrogen-bond donors (Lipinski definition) is 0. The highest BCUT2D eigenvalue weighted by Crippen LogP contribution is 2.46. The predicted molar refractivity (Wildman–Crippen MR) is 143 cm³/mol. The summed E-state index contributed by atoms with van der Waals surface area (Å²) in [7, 11) is 1.84. The average molecular weight is 494 g/mol. The largest absolute Gasteiger partial charge is 0.309 e. The lowest BCUT2D eigenvalue weighted by Gasteiger charge is -2.39. The number of aromatic nitrogens is 4. The molecule has 0 radical (unpaired) electrons. The van der Waals surface area contributed by atoms with E-state index in [0.29, 0.717) is 12.2 Å². The van der Waals surface area contributed by atoms with Crippen molar-refractivity contribution in [2.24, 2.45) is 18.9 Å². The van der Waals surface area contributed by atoms with Crippen LogP contribution in [0, 0.1) is 11.8 Å². The first-order chi connectivity index (χ1) is 18.0. The smallest absolute Gasteiger partial charge is 0.230 e. The maximum atomic E-state index is 13.0. The Bertz CT molecular complexity index is 1400. The molecule has 4 aromatic rings. The summed E-state index contributed by atoms with van der Waals surface area (Å²) >= 11 is 0. The molecule has 1 amide bonds. The minimum atomic E-state index is -0.123. The molecule has 0 saturated heterocycles. The first kappa shape index (κ1) is 23.5. The lowest BCUT2D eigenvalue weighted by molar-refractivity contribution is -0.123. The molecule has 0 bridgehead atoms. The number of benzene rings is 2. The van der Waals surface area contributed by atoms with E-state index in [-0.39, 0.29) is 29.7 Å². The Morgan fingerprint density at radius 1 is 0.946 bits per heavy atom. The Labute approximate surface area is 216 Å². The third-order valence-electron chi connectivity index (χ3n) is 7.58. The fourth-order valence-corrected chi connectivity index (χ4v) is 5.30. The van der Waals surface area contributed by atoms with Crippen LogP contribution >= 0.6 is 0 Å². The first-order valence-corrected chi connectivity index (χ1v) is 13.2. The monoisotopic (exact) mass is 493 g/mol. The molecule has 2 atom stereocenters. The molecular formula is C30H31N5O2. The second-order valence-electron chi connectivity index (χ2n) is 10.5. The Hall–Kier alpha value is -3.87. The molecule has 3 heterocycles. The van der Waals surface area contributed by atoms with Crippen molar-refractivity contribution in [1.82, 2.24) is 20.0 Å². The van der Waals surface area contributed by atoms with Crippen molar-refractivity contribution >= 4 is 28.3 Å². The van der Waals surface area contributed by atoms with Gasteiger partial charge in [0, 0.05) is 53.7 Å². The summed E-state index contributed by atoms with van der Waals surface area (Å²) < 4.78 is 1.67. The van der Waals surface area contributed by atoms with Crippen LogP contribution in [0.5, 0.6) is 0 Å². The SMILES string of the molecule is C[C@H]1CC(C(=O)C2CC2)c2cc(-c3cn(C)nn3)ccc2N1C(=O)C1CC1.c1ccc2ncccc2c1. The van der Waals surface area contributed by atoms with E-state index in [0.717, 1.165) is 53.7 Å². The van der Waals surface area contributed by atoms with Crippen LogP contribution in [0.1, 0.15) is 50.5 Å². The van der Waals surface area contributed by atoms with Crippen molar-refractivity contribution in [2.75, 3.05) is 4.90 Å². The molecule has 1 unspecified atom stereocenters. The summed E-state index contributed by atoms with van der Waals surface area (Å²) in [5, 5.41) is 9.43. The number of aryl methyl sites for hydroxylation is 1. The number of carbonyl (C=O) groups excluding carboxylic acids is 2. The van der Waals surface area contributed by atoms with Gasteiger partial charge in [-0.15, -0.1) is 5.10 Å². The third-order valence-corrected chi connectivity index (χ3v) is 7.58. The molecule has 37 heavy (non-hydrogen) atoms. The molecule has 0 N–H and O–H groups in total. The number of amides is 1. The van der Waals surface area contributed by atoms with Gasteiger partial charge in [-0.3, -0.25) is 19.3 Å². The van der Waals surface area contributed by atoms with Crippen molar-refractivity contribution in [3.8, 4) is 11.3 Å². The third kappa shape index (κ3) is 4.78. The second kappa shape index (κ2) is 9.54. The zero-order valence-corrected chi connectivity index (χ0v) is 21.2. The normalized spacial score (nSPS) is 20.6. The van der Waals surface area contributed by atoms with E-state index in [2.05, 4.69) is 40.4 Å². The average Bonchev–Trinajstić information content (AvgIpc) is 3.85. The van der Waals surface area contributed by atoms with E-state index in [1.165, 1.54) is 5.39 Å². The van der Waals surface area contributed by atoms with Crippen LogP contribution < -0.4 is 4.90 Å². The van der Waals surface area contributed by atoms with Crippen molar-refractivity contribution in [3.05, 3.63) is 72.6 Å². The van der Waals surface area contributed by atoms with E-state index in [1.807, 2.05) is 60.7 Å². The fourth-order valence-electron chi connectivity index (χ4n) is 5.30. The van der Waals surface area contributed by atoms with Gasteiger partial charge in [0.2, 0.25) is 5.91 Å². The van der Waals surface area contributed by atoms with Gasteiger partial charge in [0.05, 0.1) is 11.7 Å². The number of rotatable bonds is 4. The molecular weight excluding hydrogens is 462 g/mol. The maximum absolute atomic E-state index is 13.0. The topological polar surface area (TPSA) is 81.0 Å². The van der Waals surface area contributed by atoms with Crippen LogP contribution in [0.2, 0.25) is 0 Å².